The zero-order valence-corrected chi connectivity index (χ0v) is 28.4. The number of halogens is 1. The van der Waals surface area contributed by atoms with Crippen LogP contribution in [0.15, 0.2) is 65.4 Å². The van der Waals surface area contributed by atoms with Crippen LogP contribution in [-0.2, 0) is 28.3 Å². The number of carbonyl (C=O) groups is 1. The number of aryl methyl sites for hydroxylation is 1. The highest BCUT2D eigenvalue weighted by Gasteiger charge is 2.44. The lowest BCUT2D eigenvalue weighted by molar-refractivity contribution is 0.0456. The third-order valence-electron chi connectivity index (χ3n) is 10.8. The summed E-state index contributed by atoms with van der Waals surface area (Å²) >= 11 is 7.93. The molecule has 2 aliphatic heterocycles. The van der Waals surface area contributed by atoms with E-state index in [4.69, 9.17) is 16.3 Å². The number of aliphatic hydroxyl groups excluding tert-OH is 1. The number of carbonyl (C=O) groups excluding carboxylic acids is 1. The van der Waals surface area contributed by atoms with Gasteiger partial charge in [0, 0.05) is 29.1 Å². The lowest BCUT2D eigenvalue weighted by Gasteiger charge is -2.45. The molecule has 0 saturated heterocycles. The zero-order valence-electron chi connectivity index (χ0n) is 26.0. The van der Waals surface area contributed by atoms with Gasteiger partial charge < -0.3 is 14.7 Å². The van der Waals surface area contributed by atoms with Gasteiger partial charge in [-0.05, 0) is 127 Å². The number of allylic oxidation sites excluding steroid dienone is 1. The third kappa shape index (κ3) is 6.12. The van der Waals surface area contributed by atoms with Gasteiger partial charge in [-0.15, -0.1) is 0 Å². The van der Waals surface area contributed by atoms with E-state index < -0.39 is 27.3 Å². The SMILES string of the molecule is C[C@@H]1C/C=C\[C@H](O)[C@@H]2CC[C@H]2CN2C[C@@]3(CCCc4cc(Cl)ccc43)COc3ccc(cc32)C(=O)NS(=O)(=O)[C@H]1Cc1ccsc1. The fourth-order valence-corrected chi connectivity index (χ4v) is 10.6. The first-order valence-corrected chi connectivity index (χ1v) is 19.2. The van der Waals surface area contributed by atoms with Gasteiger partial charge in [-0.3, -0.25) is 4.79 Å². The molecular weight excluding hydrogens is 640 g/mol. The number of sulfonamides is 1. The van der Waals surface area contributed by atoms with E-state index in [9.17, 15) is 18.3 Å². The molecule has 6 atom stereocenters. The summed E-state index contributed by atoms with van der Waals surface area (Å²) in [5.41, 5.74) is 4.23. The number of hydrogen-bond acceptors (Lipinski definition) is 7. The van der Waals surface area contributed by atoms with Crippen LogP contribution in [0.2, 0.25) is 5.02 Å². The van der Waals surface area contributed by atoms with Crippen molar-refractivity contribution in [1.29, 1.82) is 0 Å². The van der Waals surface area contributed by atoms with Crippen LogP contribution >= 0.6 is 22.9 Å². The Hall–Kier alpha value is -2.85. The number of thiophene rings is 1. The van der Waals surface area contributed by atoms with Crippen LogP contribution in [-0.4, -0.2) is 50.5 Å². The Morgan fingerprint density at radius 2 is 2.04 bits per heavy atom. The molecule has 1 fully saturated rings. The highest BCUT2D eigenvalue weighted by atomic mass is 35.5. The molecule has 1 amide bonds. The third-order valence-corrected chi connectivity index (χ3v) is 13.7. The van der Waals surface area contributed by atoms with Gasteiger partial charge in [0.05, 0.1) is 23.6 Å². The normalized spacial score (nSPS) is 31.4. The molecular formula is C36H41ClN2O5S2. The predicted octanol–water partition coefficient (Wildman–Crippen LogP) is 6.53. The molecule has 3 heterocycles. The molecule has 2 aromatic carbocycles. The molecule has 7 rings (SSSR count). The van der Waals surface area contributed by atoms with Gasteiger partial charge >= 0.3 is 0 Å². The lowest BCUT2D eigenvalue weighted by atomic mass is 9.68. The summed E-state index contributed by atoms with van der Waals surface area (Å²) in [6.45, 7) is 3.79. The number of benzene rings is 2. The number of nitrogens with zero attached hydrogens (tertiary/aromatic N) is 1. The number of hydrogen-bond donors (Lipinski definition) is 2. The molecule has 1 saturated carbocycles. The van der Waals surface area contributed by atoms with Crippen molar-refractivity contribution in [3.05, 3.63) is 92.7 Å². The number of nitrogens with one attached hydrogen (secondary N) is 1. The van der Waals surface area contributed by atoms with E-state index in [1.807, 2.05) is 42.0 Å². The first-order valence-electron chi connectivity index (χ1n) is 16.3. The van der Waals surface area contributed by atoms with Crippen molar-refractivity contribution in [2.45, 2.75) is 68.6 Å². The van der Waals surface area contributed by atoms with Gasteiger partial charge in [-0.2, -0.15) is 11.3 Å². The van der Waals surface area contributed by atoms with Gasteiger partial charge in [0.25, 0.3) is 5.91 Å². The molecule has 46 heavy (non-hydrogen) atoms. The summed E-state index contributed by atoms with van der Waals surface area (Å²) in [7, 11) is -4.04. The van der Waals surface area contributed by atoms with E-state index >= 15 is 0 Å². The van der Waals surface area contributed by atoms with Crippen LogP contribution in [0.1, 0.15) is 66.1 Å². The van der Waals surface area contributed by atoms with E-state index in [-0.39, 0.29) is 28.7 Å². The highest BCUT2D eigenvalue weighted by Crippen LogP contribution is 2.47. The monoisotopic (exact) mass is 680 g/mol. The molecule has 7 nitrogen and oxygen atoms in total. The van der Waals surface area contributed by atoms with E-state index in [0.29, 0.717) is 38.3 Å². The average Bonchev–Trinajstić information content (AvgIpc) is 3.47. The minimum atomic E-state index is -4.04. The van der Waals surface area contributed by atoms with Crippen LogP contribution < -0.4 is 14.4 Å². The summed E-state index contributed by atoms with van der Waals surface area (Å²) in [5.74, 6) is 0.141. The van der Waals surface area contributed by atoms with Gasteiger partial charge in [0.15, 0.2) is 0 Å². The summed E-state index contributed by atoms with van der Waals surface area (Å²) in [4.78, 5) is 16.0. The van der Waals surface area contributed by atoms with Crippen LogP contribution in [0.25, 0.3) is 0 Å². The topological polar surface area (TPSA) is 95.9 Å². The largest absolute Gasteiger partial charge is 0.490 e. The number of fused-ring (bicyclic) bond motifs is 4. The molecule has 2 aliphatic carbocycles. The van der Waals surface area contributed by atoms with Crippen molar-refractivity contribution in [2.75, 3.05) is 24.6 Å². The lowest BCUT2D eigenvalue weighted by Crippen LogP contribution is -2.49. The predicted molar refractivity (Wildman–Crippen MR) is 184 cm³/mol. The van der Waals surface area contributed by atoms with Gasteiger partial charge in [0.1, 0.15) is 5.75 Å². The second-order valence-electron chi connectivity index (χ2n) is 13.8. The minimum Gasteiger partial charge on any atom is -0.490 e. The summed E-state index contributed by atoms with van der Waals surface area (Å²) in [5, 5.41) is 15.1. The second-order valence-corrected chi connectivity index (χ2v) is 16.9. The van der Waals surface area contributed by atoms with Crippen molar-refractivity contribution < 1.29 is 23.1 Å². The van der Waals surface area contributed by atoms with Crippen LogP contribution in [0.3, 0.4) is 0 Å². The van der Waals surface area contributed by atoms with Crippen LogP contribution in [0.5, 0.6) is 5.75 Å². The molecule has 4 aliphatic rings. The standard InChI is InChI=1S/C36H41ClN2O5S2/c1-23-4-2-6-32(40)29-10-7-27(29)19-39-21-36(14-3-5-25-17-28(37)9-11-30(25)36)22-44-33-12-8-26(18-31(33)39)35(41)38-46(42,43)34(23)16-24-13-15-45-20-24/h2,6,8-9,11-13,15,17-18,20,23,27,29,32,34,40H,3-5,7,10,14,16,19,21-22H2,1H3,(H,38,41)/b6-2-/t23-,27+,29-,32+,34+,36+/m1/s1. The molecule has 0 unspecified atom stereocenters. The van der Waals surface area contributed by atoms with Crippen molar-refractivity contribution in [1.82, 2.24) is 4.72 Å². The van der Waals surface area contributed by atoms with Crippen LogP contribution in [0, 0.1) is 17.8 Å². The molecule has 1 aromatic heterocycles. The molecule has 244 valence electrons. The minimum absolute atomic E-state index is 0.109. The second kappa shape index (κ2) is 12.6. The van der Waals surface area contributed by atoms with E-state index in [1.165, 1.54) is 22.5 Å². The van der Waals surface area contributed by atoms with E-state index in [1.54, 1.807) is 18.2 Å². The molecule has 1 spiro atoms. The maximum atomic E-state index is 13.9. The molecule has 2 N–H and O–H groups in total. The first kappa shape index (κ1) is 31.7. The molecule has 0 radical (unpaired) electrons. The van der Waals surface area contributed by atoms with Gasteiger partial charge in [-0.25, -0.2) is 13.1 Å². The van der Waals surface area contributed by atoms with Gasteiger partial charge in [0.2, 0.25) is 10.0 Å². The fourth-order valence-electron chi connectivity index (χ4n) is 8.06. The Labute approximate surface area is 280 Å². The Morgan fingerprint density at radius 3 is 2.83 bits per heavy atom. The quantitative estimate of drug-likeness (QED) is 0.299. The maximum Gasteiger partial charge on any atom is 0.264 e. The Morgan fingerprint density at radius 1 is 1.17 bits per heavy atom. The summed E-state index contributed by atoms with van der Waals surface area (Å²) in [6, 6.07) is 13.4. The first-order chi connectivity index (χ1) is 22.1. The van der Waals surface area contributed by atoms with E-state index in [0.717, 1.165) is 48.4 Å². The molecule has 3 aromatic rings. The molecule has 2 bridgehead atoms. The van der Waals surface area contributed by atoms with Crippen molar-refractivity contribution in [3.8, 4) is 5.75 Å². The van der Waals surface area contributed by atoms with Crippen molar-refractivity contribution in [2.24, 2.45) is 17.8 Å². The Balaban J connectivity index is 1.28. The van der Waals surface area contributed by atoms with Crippen molar-refractivity contribution >= 4 is 44.6 Å². The highest BCUT2D eigenvalue weighted by molar-refractivity contribution is 7.90. The van der Waals surface area contributed by atoms with Gasteiger partial charge in [-0.1, -0.05) is 36.7 Å². The fraction of sp³-hybridized carbons (Fsp3) is 0.472. The maximum absolute atomic E-state index is 13.9. The number of amides is 1. The number of aliphatic hydroxyl groups is 1. The van der Waals surface area contributed by atoms with Crippen molar-refractivity contribution in [3.63, 3.8) is 0 Å². The van der Waals surface area contributed by atoms with E-state index in [2.05, 4.69) is 21.8 Å². The Kier molecular flexibility index (Phi) is 8.72. The smallest absolute Gasteiger partial charge is 0.264 e. The Bertz CT molecular complexity index is 1740. The zero-order chi connectivity index (χ0) is 32.1. The summed E-state index contributed by atoms with van der Waals surface area (Å²) < 4.78 is 36.7. The molecule has 10 heteroatoms. The summed E-state index contributed by atoms with van der Waals surface area (Å²) in [6.07, 6.45) is 8.85. The number of anilines is 1. The number of rotatable bonds is 2. The number of ether oxygens (including phenoxy) is 1. The van der Waals surface area contributed by atoms with Crippen LogP contribution in [0.4, 0.5) is 5.69 Å². The average molecular weight is 681 g/mol.